The Morgan fingerprint density at radius 2 is 1.77 bits per heavy atom. The van der Waals surface area contributed by atoms with Crippen LogP contribution < -0.4 is 10.6 Å². The van der Waals surface area contributed by atoms with Crippen LogP contribution >= 0.6 is 0 Å². The number of unbranched alkanes of at least 4 members (excludes halogenated alkanes) is 1. The first-order valence-electron chi connectivity index (χ1n) is 10.8. The van der Waals surface area contributed by atoms with Crippen LogP contribution in [0, 0.1) is 11.8 Å². The number of carbonyl (C=O) groups excluding carboxylic acids is 3. The smallest absolute Gasteiger partial charge is 0.408 e. The summed E-state index contributed by atoms with van der Waals surface area (Å²) >= 11 is 0. The maximum absolute atomic E-state index is 12.1. The lowest BCUT2D eigenvalue weighted by Gasteiger charge is -2.27. The molecule has 0 spiro atoms. The van der Waals surface area contributed by atoms with Gasteiger partial charge in [0, 0.05) is 18.9 Å². The normalized spacial score (nSPS) is 25.3. The first kappa shape index (κ1) is 24.2. The molecule has 0 radical (unpaired) electrons. The molecule has 4 atom stereocenters. The Morgan fingerprint density at radius 3 is 2.43 bits per heavy atom. The molecular weight excluding hydrogens is 388 g/mol. The summed E-state index contributed by atoms with van der Waals surface area (Å²) in [6.07, 6.45) is 9.14. The number of fused-ring (bicyclic) bond motifs is 2. The summed E-state index contributed by atoms with van der Waals surface area (Å²) < 4.78 is 15.8. The number of ether oxygens (including phenoxy) is 3. The Hall–Kier alpha value is -2.09. The summed E-state index contributed by atoms with van der Waals surface area (Å²) in [5.74, 6) is 0.233. The molecule has 2 saturated heterocycles. The van der Waals surface area contributed by atoms with Gasteiger partial charge in [0.2, 0.25) is 5.91 Å². The minimum Gasteiger partial charge on any atom is -0.469 e. The number of alkyl carbamates (subject to hydrolysis) is 1. The largest absolute Gasteiger partial charge is 0.469 e. The van der Waals surface area contributed by atoms with Crippen molar-refractivity contribution in [3.05, 3.63) is 12.2 Å². The highest BCUT2D eigenvalue weighted by Crippen LogP contribution is 2.44. The monoisotopic (exact) mass is 424 g/mol. The van der Waals surface area contributed by atoms with E-state index < -0.39 is 11.7 Å². The van der Waals surface area contributed by atoms with E-state index in [0.29, 0.717) is 18.9 Å². The number of hydrogen-bond acceptors (Lipinski definition) is 6. The van der Waals surface area contributed by atoms with Crippen molar-refractivity contribution < 1.29 is 28.6 Å². The zero-order valence-corrected chi connectivity index (χ0v) is 18.6. The second-order valence-corrected chi connectivity index (χ2v) is 8.95. The molecule has 0 unspecified atom stereocenters. The molecule has 0 aliphatic carbocycles. The third kappa shape index (κ3) is 7.97. The van der Waals surface area contributed by atoms with Crippen LogP contribution in [0.3, 0.4) is 0 Å². The first-order chi connectivity index (χ1) is 14.2. The van der Waals surface area contributed by atoms with Gasteiger partial charge in [-0.2, -0.15) is 0 Å². The minimum atomic E-state index is -0.601. The molecule has 8 heteroatoms. The van der Waals surface area contributed by atoms with Crippen LogP contribution in [0.5, 0.6) is 0 Å². The third-order valence-corrected chi connectivity index (χ3v) is 5.47. The topological polar surface area (TPSA) is 103 Å². The molecule has 0 aromatic heterocycles. The summed E-state index contributed by atoms with van der Waals surface area (Å²) in [7, 11) is 1.40. The van der Waals surface area contributed by atoms with Crippen LogP contribution in [0.1, 0.15) is 59.3 Å². The van der Waals surface area contributed by atoms with E-state index in [4.69, 9.17) is 9.47 Å². The van der Waals surface area contributed by atoms with Gasteiger partial charge in [0.05, 0.1) is 25.9 Å². The molecular formula is C22H36N2O6. The van der Waals surface area contributed by atoms with Gasteiger partial charge in [0.25, 0.3) is 0 Å². The highest BCUT2D eigenvalue weighted by molar-refractivity contribution is 5.82. The SMILES string of the molecule is COC(=O)CCC/C=C\C[C@@H]1[C@H](CNC(=O)CNC(=O)OC(C)(C)C)[C@H]2CC[C@@H]1O2. The predicted octanol–water partition coefficient (Wildman–Crippen LogP) is 2.71. The van der Waals surface area contributed by atoms with Crippen LogP contribution in [-0.2, 0) is 23.8 Å². The lowest BCUT2D eigenvalue weighted by Crippen LogP contribution is -2.43. The van der Waals surface area contributed by atoms with Gasteiger partial charge in [-0.15, -0.1) is 0 Å². The second-order valence-electron chi connectivity index (χ2n) is 8.95. The highest BCUT2D eigenvalue weighted by Gasteiger charge is 2.47. The molecule has 170 valence electrons. The lowest BCUT2D eigenvalue weighted by molar-refractivity contribution is -0.140. The van der Waals surface area contributed by atoms with Crippen molar-refractivity contribution in [2.45, 2.75) is 77.1 Å². The van der Waals surface area contributed by atoms with Crippen LogP contribution in [0.4, 0.5) is 4.79 Å². The predicted molar refractivity (Wildman–Crippen MR) is 112 cm³/mol. The maximum Gasteiger partial charge on any atom is 0.408 e. The van der Waals surface area contributed by atoms with Crippen molar-refractivity contribution in [3.8, 4) is 0 Å². The molecule has 2 fully saturated rings. The number of carbonyl (C=O) groups is 3. The van der Waals surface area contributed by atoms with Crippen molar-refractivity contribution in [2.24, 2.45) is 11.8 Å². The van der Waals surface area contributed by atoms with Crippen molar-refractivity contribution in [2.75, 3.05) is 20.2 Å². The molecule has 2 heterocycles. The Kier molecular flexibility index (Phi) is 9.14. The van der Waals surface area contributed by atoms with Gasteiger partial charge in [-0.25, -0.2) is 4.79 Å². The third-order valence-electron chi connectivity index (χ3n) is 5.47. The van der Waals surface area contributed by atoms with E-state index >= 15 is 0 Å². The lowest BCUT2D eigenvalue weighted by atomic mass is 9.77. The van der Waals surface area contributed by atoms with E-state index in [1.54, 1.807) is 20.8 Å². The van der Waals surface area contributed by atoms with E-state index in [0.717, 1.165) is 32.1 Å². The van der Waals surface area contributed by atoms with Gasteiger partial charge in [0.1, 0.15) is 5.60 Å². The number of methoxy groups -OCH3 is 1. The van der Waals surface area contributed by atoms with Gasteiger partial charge in [-0.3, -0.25) is 9.59 Å². The number of amides is 2. The number of allylic oxidation sites excluding steroid dienone is 2. The number of rotatable bonds is 10. The van der Waals surface area contributed by atoms with Crippen LogP contribution in [0.2, 0.25) is 0 Å². The minimum absolute atomic E-state index is 0.110. The van der Waals surface area contributed by atoms with Crippen molar-refractivity contribution in [1.82, 2.24) is 10.6 Å². The van der Waals surface area contributed by atoms with Gasteiger partial charge in [-0.05, 0) is 58.8 Å². The number of nitrogens with one attached hydrogen (secondary N) is 2. The molecule has 2 bridgehead atoms. The van der Waals surface area contributed by atoms with Gasteiger partial charge >= 0.3 is 12.1 Å². The van der Waals surface area contributed by atoms with Gasteiger partial charge in [0.15, 0.2) is 0 Å². The van der Waals surface area contributed by atoms with Crippen LogP contribution in [0.15, 0.2) is 12.2 Å². The summed E-state index contributed by atoms with van der Waals surface area (Å²) in [4.78, 5) is 34.9. The van der Waals surface area contributed by atoms with E-state index in [-0.39, 0.29) is 36.5 Å². The molecule has 30 heavy (non-hydrogen) atoms. The molecule has 0 aromatic carbocycles. The molecule has 2 N–H and O–H groups in total. The Bertz CT molecular complexity index is 628. The van der Waals surface area contributed by atoms with E-state index in [9.17, 15) is 14.4 Å². The fourth-order valence-electron chi connectivity index (χ4n) is 4.08. The fraction of sp³-hybridized carbons (Fsp3) is 0.773. The maximum atomic E-state index is 12.1. The van der Waals surface area contributed by atoms with Crippen molar-refractivity contribution in [1.29, 1.82) is 0 Å². The zero-order chi connectivity index (χ0) is 22.1. The van der Waals surface area contributed by atoms with E-state index in [2.05, 4.69) is 27.5 Å². The molecule has 0 aromatic rings. The van der Waals surface area contributed by atoms with Crippen molar-refractivity contribution >= 4 is 18.0 Å². The molecule has 2 aliphatic heterocycles. The van der Waals surface area contributed by atoms with Gasteiger partial charge < -0.3 is 24.8 Å². The van der Waals surface area contributed by atoms with Crippen LogP contribution in [0.25, 0.3) is 0 Å². The van der Waals surface area contributed by atoms with E-state index in [1.807, 2.05) is 0 Å². The highest BCUT2D eigenvalue weighted by atomic mass is 16.6. The fourth-order valence-corrected chi connectivity index (χ4v) is 4.08. The molecule has 2 rings (SSSR count). The summed E-state index contributed by atoms with van der Waals surface area (Å²) in [6, 6.07) is 0. The molecule has 2 amide bonds. The van der Waals surface area contributed by atoms with E-state index in [1.165, 1.54) is 7.11 Å². The second kappa shape index (κ2) is 11.3. The number of esters is 1. The Morgan fingerprint density at radius 1 is 1.07 bits per heavy atom. The van der Waals surface area contributed by atoms with Crippen molar-refractivity contribution in [3.63, 3.8) is 0 Å². The molecule has 2 aliphatic rings. The summed E-state index contributed by atoms with van der Waals surface area (Å²) in [5.41, 5.74) is -0.596. The zero-order valence-electron chi connectivity index (χ0n) is 18.6. The average Bonchev–Trinajstić information content (AvgIpc) is 3.27. The standard InChI is InChI=1S/C22H36N2O6/c1-22(2,3)30-21(27)24-14-19(25)23-13-16-15(17-11-12-18(16)29-17)9-7-5-6-8-10-20(26)28-4/h5,7,15-18H,6,8-14H2,1-4H3,(H,23,25)(H,24,27)/b7-5-/t15-,16+,17+,18-/m1/s1. The van der Waals surface area contributed by atoms with Crippen LogP contribution in [-0.4, -0.2) is 56.0 Å². The summed E-state index contributed by atoms with van der Waals surface area (Å²) in [5, 5.41) is 5.40. The quantitative estimate of drug-likeness (QED) is 0.318. The first-order valence-corrected chi connectivity index (χ1v) is 10.8. The number of hydrogen-bond donors (Lipinski definition) is 2. The Balaban J connectivity index is 1.71. The molecule has 0 saturated carbocycles. The Labute approximate surface area is 179 Å². The van der Waals surface area contributed by atoms with Gasteiger partial charge in [-0.1, -0.05) is 12.2 Å². The summed E-state index contributed by atoms with van der Waals surface area (Å²) in [6.45, 7) is 5.75. The average molecular weight is 425 g/mol. The molecule has 8 nitrogen and oxygen atoms in total.